The van der Waals surface area contributed by atoms with E-state index in [-0.39, 0.29) is 21.4 Å². The molecule has 0 saturated heterocycles. The van der Waals surface area contributed by atoms with Crippen molar-refractivity contribution in [3.8, 4) is 0 Å². The highest BCUT2D eigenvalue weighted by Crippen LogP contribution is 2.24. The number of amides is 1. The number of hydrogen-bond acceptors (Lipinski definition) is 3. The lowest BCUT2D eigenvalue weighted by atomic mass is 10.1. The maximum Gasteiger partial charge on any atom is 0.282 e. The van der Waals surface area contributed by atoms with E-state index < -0.39 is 16.6 Å². The number of halogens is 2. The second-order valence-electron chi connectivity index (χ2n) is 4.31. The molecule has 1 amide bonds. The summed E-state index contributed by atoms with van der Waals surface area (Å²) < 4.78 is 13.7. The zero-order valence-electron chi connectivity index (χ0n) is 10.9. The third kappa shape index (κ3) is 3.25. The van der Waals surface area contributed by atoms with Crippen molar-refractivity contribution in [2.24, 2.45) is 0 Å². The lowest BCUT2D eigenvalue weighted by molar-refractivity contribution is -0.385. The van der Waals surface area contributed by atoms with E-state index in [0.717, 1.165) is 6.07 Å². The Labute approximate surface area is 128 Å². The second kappa shape index (κ2) is 6.01. The van der Waals surface area contributed by atoms with Gasteiger partial charge in [-0.1, -0.05) is 12.1 Å². The summed E-state index contributed by atoms with van der Waals surface area (Å²) in [5.41, 5.74) is 0.369. The topological polar surface area (TPSA) is 72.2 Å². The van der Waals surface area contributed by atoms with Gasteiger partial charge in [0.1, 0.15) is 11.4 Å². The number of benzene rings is 2. The van der Waals surface area contributed by atoms with Crippen LogP contribution in [-0.4, -0.2) is 10.8 Å². The van der Waals surface area contributed by atoms with Gasteiger partial charge in [-0.3, -0.25) is 14.9 Å². The van der Waals surface area contributed by atoms with Crippen molar-refractivity contribution in [1.82, 2.24) is 0 Å². The van der Waals surface area contributed by atoms with Gasteiger partial charge in [0, 0.05) is 11.8 Å². The molecular formula is C14H10BrFN2O3. The summed E-state index contributed by atoms with van der Waals surface area (Å²) in [5.74, 6) is -1.19. The Bertz CT molecular complexity index is 734. The van der Waals surface area contributed by atoms with E-state index in [9.17, 15) is 19.3 Å². The van der Waals surface area contributed by atoms with Crippen molar-refractivity contribution >= 4 is 33.2 Å². The van der Waals surface area contributed by atoms with Crippen LogP contribution in [0.5, 0.6) is 0 Å². The van der Waals surface area contributed by atoms with Gasteiger partial charge in [0.15, 0.2) is 0 Å². The predicted molar refractivity (Wildman–Crippen MR) is 79.9 cm³/mol. The summed E-state index contributed by atoms with van der Waals surface area (Å²) in [4.78, 5) is 22.6. The Balaban J connectivity index is 2.36. The molecule has 0 aromatic heterocycles. The van der Waals surface area contributed by atoms with E-state index in [0.29, 0.717) is 5.56 Å². The smallest absolute Gasteiger partial charge is 0.282 e. The highest BCUT2D eigenvalue weighted by Gasteiger charge is 2.22. The van der Waals surface area contributed by atoms with Crippen LogP contribution in [0.25, 0.3) is 0 Å². The number of nitro groups is 1. The van der Waals surface area contributed by atoms with E-state index in [1.807, 2.05) is 0 Å². The van der Waals surface area contributed by atoms with Crippen molar-refractivity contribution in [2.45, 2.75) is 6.92 Å². The zero-order valence-corrected chi connectivity index (χ0v) is 12.5. The highest BCUT2D eigenvalue weighted by atomic mass is 79.9. The zero-order chi connectivity index (χ0) is 15.6. The van der Waals surface area contributed by atoms with Crippen LogP contribution in [0.3, 0.4) is 0 Å². The molecule has 0 unspecified atom stereocenters. The van der Waals surface area contributed by atoms with Gasteiger partial charge in [-0.25, -0.2) is 4.39 Å². The van der Waals surface area contributed by atoms with E-state index >= 15 is 0 Å². The van der Waals surface area contributed by atoms with Gasteiger partial charge in [-0.15, -0.1) is 0 Å². The first kappa shape index (κ1) is 15.1. The first-order chi connectivity index (χ1) is 9.90. The molecule has 7 heteroatoms. The maximum absolute atomic E-state index is 13.4. The molecule has 108 valence electrons. The van der Waals surface area contributed by atoms with Crippen LogP contribution in [0.1, 0.15) is 15.9 Å². The van der Waals surface area contributed by atoms with Crippen molar-refractivity contribution in [3.63, 3.8) is 0 Å². The average molecular weight is 353 g/mol. The van der Waals surface area contributed by atoms with Crippen LogP contribution < -0.4 is 5.32 Å². The normalized spacial score (nSPS) is 10.2. The van der Waals surface area contributed by atoms with Crippen molar-refractivity contribution in [3.05, 3.63) is 67.9 Å². The van der Waals surface area contributed by atoms with Crippen molar-refractivity contribution in [1.29, 1.82) is 0 Å². The minimum atomic E-state index is -0.651. The molecule has 2 aromatic rings. The van der Waals surface area contributed by atoms with Gasteiger partial charge in [-0.2, -0.15) is 0 Å². The van der Waals surface area contributed by atoms with Crippen LogP contribution in [0.15, 0.2) is 40.9 Å². The Morgan fingerprint density at radius 2 is 2.05 bits per heavy atom. The van der Waals surface area contributed by atoms with Crippen LogP contribution in [0, 0.1) is 22.9 Å². The number of nitrogens with one attached hydrogen (secondary N) is 1. The standard InChI is InChI=1S/C14H10BrFN2O3/c1-8-3-2-4-12(18(20)21)13(8)14(19)17-9-5-6-10(15)11(16)7-9/h2-7H,1H3,(H,17,19). The number of hydrogen-bond donors (Lipinski definition) is 1. The summed E-state index contributed by atoms with van der Waals surface area (Å²) in [6.45, 7) is 1.60. The van der Waals surface area contributed by atoms with Gasteiger partial charge in [0.05, 0.1) is 9.40 Å². The van der Waals surface area contributed by atoms with Gasteiger partial charge in [0.25, 0.3) is 11.6 Å². The molecule has 2 rings (SSSR count). The molecule has 0 aliphatic carbocycles. The lowest BCUT2D eigenvalue weighted by Crippen LogP contribution is -2.15. The average Bonchev–Trinajstić information content (AvgIpc) is 2.42. The van der Waals surface area contributed by atoms with Gasteiger partial charge in [-0.05, 0) is 46.6 Å². The number of carbonyl (C=O) groups excluding carboxylic acids is 1. The third-order valence-corrected chi connectivity index (χ3v) is 3.50. The molecule has 2 aromatic carbocycles. The summed E-state index contributed by atoms with van der Waals surface area (Å²) in [7, 11) is 0. The highest BCUT2D eigenvalue weighted by molar-refractivity contribution is 9.10. The van der Waals surface area contributed by atoms with Crippen LogP contribution in [0.2, 0.25) is 0 Å². The molecule has 5 nitrogen and oxygen atoms in total. The summed E-state index contributed by atoms with van der Waals surface area (Å²) in [5, 5.41) is 13.4. The molecule has 0 bridgehead atoms. The largest absolute Gasteiger partial charge is 0.322 e. The number of rotatable bonds is 3. The third-order valence-electron chi connectivity index (χ3n) is 2.85. The quantitative estimate of drug-likeness (QED) is 0.668. The molecule has 0 fully saturated rings. The Morgan fingerprint density at radius 1 is 1.33 bits per heavy atom. The fourth-order valence-electron chi connectivity index (χ4n) is 1.87. The van der Waals surface area contributed by atoms with E-state index in [2.05, 4.69) is 21.2 Å². The Hall–Kier alpha value is -2.28. The summed E-state index contributed by atoms with van der Waals surface area (Å²) in [6.07, 6.45) is 0. The molecule has 0 aliphatic heterocycles. The predicted octanol–water partition coefficient (Wildman–Crippen LogP) is 4.06. The number of nitrogens with zero attached hydrogens (tertiary/aromatic N) is 1. The minimum Gasteiger partial charge on any atom is -0.322 e. The van der Waals surface area contributed by atoms with Gasteiger partial charge >= 0.3 is 0 Å². The lowest BCUT2D eigenvalue weighted by Gasteiger charge is -2.08. The fourth-order valence-corrected chi connectivity index (χ4v) is 2.11. The van der Waals surface area contributed by atoms with E-state index in [1.165, 1.54) is 24.3 Å². The minimum absolute atomic E-state index is 0.0363. The number of carbonyl (C=O) groups is 1. The van der Waals surface area contributed by atoms with Crippen molar-refractivity contribution < 1.29 is 14.1 Å². The Morgan fingerprint density at radius 3 is 2.67 bits per heavy atom. The fraction of sp³-hybridized carbons (Fsp3) is 0.0714. The van der Waals surface area contributed by atoms with Crippen LogP contribution in [-0.2, 0) is 0 Å². The molecule has 0 radical (unpaired) electrons. The Kier molecular flexibility index (Phi) is 4.32. The summed E-state index contributed by atoms with van der Waals surface area (Å²) >= 11 is 3.01. The molecule has 0 atom stereocenters. The molecule has 0 spiro atoms. The first-order valence-corrected chi connectivity index (χ1v) is 6.70. The van der Waals surface area contributed by atoms with Gasteiger partial charge in [0.2, 0.25) is 0 Å². The number of anilines is 1. The molecule has 0 heterocycles. The molecular weight excluding hydrogens is 343 g/mol. The number of aryl methyl sites for hydroxylation is 1. The SMILES string of the molecule is Cc1cccc([N+](=O)[O-])c1C(=O)Nc1ccc(Br)c(F)c1. The molecule has 1 N–H and O–H groups in total. The maximum atomic E-state index is 13.4. The van der Waals surface area contributed by atoms with Crippen LogP contribution >= 0.6 is 15.9 Å². The summed E-state index contributed by atoms with van der Waals surface area (Å²) in [6, 6.07) is 8.43. The molecule has 21 heavy (non-hydrogen) atoms. The monoisotopic (exact) mass is 352 g/mol. The van der Waals surface area contributed by atoms with Crippen LogP contribution in [0.4, 0.5) is 15.8 Å². The van der Waals surface area contributed by atoms with Gasteiger partial charge < -0.3 is 5.32 Å². The number of nitro benzene ring substituents is 1. The first-order valence-electron chi connectivity index (χ1n) is 5.90. The molecule has 0 saturated carbocycles. The van der Waals surface area contributed by atoms with E-state index in [4.69, 9.17) is 0 Å². The second-order valence-corrected chi connectivity index (χ2v) is 5.16. The van der Waals surface area contributed by atoms with Crippen molar-refractivity contribution in [2.75, 3.05) is 5.32 Å². The van der Waals surface area contributed by atoms with E-state index in [1.54, 1.807) is 13.0 Å². The molecule has 0 aliphatic rings.